The number of halogens is 2. The van der Waals surface area contributed by atoms with Crippen molar-refractivity contribution in [3.63, 3.8) is 0 Å². The predicted octanol–water partition coefficient (Wildman–Crippen LogP) is 1.52. The molecule has 2 nitrogen and oxygen atoms in total. The molecule has 0 atom stereocenters. The van der Waals surface area contributed by atoms with Gasteiger partial charge in [0.1, 0.15) is 5.69 Å². The van der Waals surface area contributed by atoms with Gasteiger partial charge in [0.25, 0.3) is 5.92 Å². The molecular formula is C8H10F2N2. The van der Waals surface area contributed by atoms with Crippen molar-refractivity contribution in [3.8, 4) is 0 Å². The van der Waals surface area contributed by atoms with Crippen molar-refractivity contribution in [2.24, 2.45) is 5.73 Å². The Morgan fingerprint density at radius 3 is 2.67 bits per heavy atom. The maximum atomic E-state index is 13.0. The van der Waals surface area contributed by atoms with Crippen LogP contribution in [0, 0.1) is 0 Å². The van der Waals surface area contributed by atoms with Crippen LogP contribution in [0.4, 0.5) is 8.78 Å². The summed E-state index contributed by atoms with van der Waals surface area (Å²) in [5.74, 6) is -2.89. The lowest BCUT2D eigenvalue weighted by atomic mass is 10.1. The van der Waals surface area contributed by atoms with E-state index >= 15 is 0 Å². The van der Waals surface area contributed by atoms with Crippen LogP contribution in [-0.4, -0.2) is 11.5 Å². The Bertz CT molecular complexity index is 236. The number of rotatable bonds is 3. The minimum Gasteiger partial charge on any atom is -0.330 e. The van der Waals surface area contributed by atoms with Crippen LogP contribution in [0.15, 0.2) is 24.4 Å². The maximum absolute atomic E-state index is 13.0. The summed E-state index contributed by atoms with van der Waals surface area (Å²) in [6, 6.07) is 4.43. The van der Waals surface area contributed by atoms with Gasteiger partial charge in [-0.2, -0.15) is 8.78 Å². The number of alkyl halides is 2. The number of aromatic nitrogens is 1. The first-order chi connectivity index (χ1) is 5.67. The van der Waals surface area contributed by atoms with Crippen molar-refractivity contribution in [2.45, 2.75) is 12.3 Å². The minimum absolute atomic E-state index is 0.0381. The van der Waals surface area contributed by atoms with Crippen LogP contribution < -0.4 is 5.73 Å². The van der Waals surface area contributed by atoms with Crippen molar-refractivity contribution >= 4 is 0 Å². The number of nitrogens with two attached hydrogens (primary N) is 1. The van der Waals surface area contributed by atoms with Gasteiger partial charge in [0.2, 0.25) is 0 Å². The largest absolute Gasteiger partial charge is 0.330 e. The van der Waals surface area contributed by atoms with E-state index < -0.39 is 5.92 Å². The predicted molar refractivity (Wildman–Crippen MR) is 41.8 cm³/mol. The first kappa shape index (κ1) is 9.06. The van der Waals surface area contributed by atoms with Gasteiger partial charge < -0.3 is 5.73 Å². The molecule has 2 N–H and O–H groups in total. The second-order valence-electron chi connectivity index (χ2n) is 2.46. The summed E-state index contributed by atoms with van der Waals surface area (Å²) in [5, 5.41) is 0. The van der Waals surface area contributed by atoms with Gasteiger partial charge in [-0.3, -0.25) is 4.98 Å². The fraction of sp³-hybridized carbons (Fsp3) is 0.375. The molecule has 0 fully saturated rings. The van der Waals surface area contributed by atoms with Gasteiger partial charge in [-0.15, -0.1) is 0 Å². The van der Waals surface area contributed by atoms with Crippen molar-refractivity contribution in [1.29, 1.82) is 0 Å². The summed E-state index contributed by atoms with van der Waals surface area (Å²) in [5.41, 5.74) is 4.83. The second-order valence-corrected chi connectivity index (χ2v) is 2.46. The SMILES string of the molecule is NCCC(F)(F)c1ccccn1. The molecule has 0 aromatic carbocycles. The quantitative estimate of drug-likeness (QED) is 0.750. The molecule has 0 saturated carbocycles. The Kier molecular flexibility index (Phi) is 2.70. The van der Waals surface area contributed by atoms with Crippen LogP contribution in [0.2, 0.25) is 0 Å². The van der Waals surface area contributed by atoms with Crippen LogP contribution in [0.5, 0.6) is 0 Å². The average molecular weight is 172 g/mol. The molecule has 0 bridgehead atoms. The zero-order valence-corrected chi connectivity index (χ0v) is 6.50. The molecule has 66 valence electrons. The van der Waals surface area contributed by atoms with Crippen molar-refractivity contribution in [3.05, 3.63) is 30.1 Å². The zero-order chi connectivity index (χ0) is 9.03. The monoisotopic (exact) mass is 172 g/mol. The standard InChI is InChI=1S/C8H10F2N2/c9-8(10,4-5-11)7-3-1-2-6-12-7/h1-3,6H,4-5,11H2. The molecule has 0 aliphatic carbocycles. The van der Waals surface area contributed by atoms with E-state index in [0.29, 0.717) is 0 Å². The third-order valence-corrected chi connectivity index (χ3v) is 1.50. The average Bonchev–Trinajstić information content (AvgIpc) is 2.06. The molecule has 0 spiro atoms. The van der Waals surface area contributed by atoms with Gasteiger partial charge in [-0.25, -0.2) is 0 Å². The molecule has 0 unspecified atom stereocenters. The Balaban J connectivity index is 2.82. The maximum Gasteiger partial charge on any atom is 0.290 e. The number of nitrogens with zero attached hydrogens (tertiary/aromatic N) is 1. The third-order valence-electron chi connectivity index (χ3n) is 1.50. The molecule has 0 aliphatic rings. The molecule has 1 aromatic heterocycles. The summed E-state index contributed by atoms with van der Waals surface area (Å²) in [6.45, 7) is -0.0381. The van der Waals surface area contributed by atoms with Gasteiger partial charge in [-0.1, -0.05) is 6.07 Å². The highest BCUT2D eigenvalue weighted by molar-refractivity contribution is 5.09. The van der Waals surface area contributed by atoms with Gasteiger partial charge in [0.15, 0.2) is 0 Å². The number of pyridine rings is 1. The summed E-state index contributed by atoms with van der Waals surface area (Å²) >= 11 is 0. The molecule has 1 aromatic rings. The molecule has 1 rings (SSSR count). The molecule has 0 radical (unpaired) electrons. The van der Waals surface area contributed by atoms with Gasteiger partial charge in [0.05, 0.1) is 0 Å². The molecule has 12 heavy (non-hydrogen) atoms. The number of hydrogen-bond donors (Lipinski definition) is 1. The third kappa shape index (κ3) is 1.98. The Labute approximate surface area is 69.4 Å². The lowest BCUT2D eigenvalue weighted by molar-refractivity contribution is -0.0151. The van der Waals surface area contributed by atoms with Crippen LogP contribution in [-0.2, 0) is 5.92 Å². The van der Waals surface area contributed by atoms with Gasteiger partial charge in [-0.05, 0) is 18.7 Å². The fourth-order valence-electron chi connectivity index (χ4n) is 0.888. The van der Waals surface area contributed by atoms with Crippen molar-refractivity contribution in [2.75, 3.05) is 6.54 Å². The zero-order valence-electron chi connectivity index (χ0n) is 6.50. The van der Waals surface area contributed by atoms with Crippen molar-refractivity contribution in [1.82, 2.24) is 4.98 Å². The fourth-order valence-corrected chi connectivity index (χ4v) is 0.888. The van der Waals surface area contributed by atoms with E-state index in [4.69, 9.17) is 5.73 Å². The van der Waals surface area contributed by atoms with Gasteiger partial charge in [0, 0.05) is 12.6 Å². The number of hydrogen-bond acceptors (Lipinski definition) is 2. The first-order valence-corrected chi connectivity index (χ1v) is 3.66. The summed E-state index contributed by atoms with van der Waals surface area (Å²) in [6.07, 6.45) is 0.990. The second kappa shape index (κ2) is 3.58. The smallest absolute Gasteiger partial charge is 0.290 e. The lowest BCUT2D eigenvalue weighted by Gasteiger charge is -2.13. The first-order valence-electron chi connectivity index (χ1n) is 3.66. The van der Waals surface area contributed by atoms with E-state index in [9.17, 15) is 8.78 Å². The highest BCUT2D eigenvalue weighted by Gasteiger charge is 2.31. The Morgan fingerprint density at radius 1 is 1.42 bits per heavy atom. The highest BCUT2D eigenvalue weighted by atomic mass is 19.3. The van der Waals surface area contributed by atoms with Gasteiger partial charge >= 0.3 is 0 Å². The molecule has 1 heterocycles. The Morgan fingerprint density at radius 2 is 2.17 bits per heavy atom. The van der Waals surface area contributed by atoms with E-state index in [1.807, 2.05) is 0 Å². The normalized spacial score (nSPS) is 11.6. The molecule has 0 amide bonds. The summed E-state index contributed by atoms with van der Waals surface area (Å²) in [4.78, 5) is 3.56. The van der Waals surface area contributed by atoms with E-state index in [-0.39, 0.29) is 18.7 Å². The molecular weight excluding hydrogens is 162 g/mol. The lowest BCUT2D eigenvalue weighted by Crippen LogP contribution is -2.19. The topological polar surface area (TPSA) is 38.9 Å². The van der Waals surface area contributed by atoms with Crippen LogP contribution >= 0.6 is 0 Å². The van der Waals surface area contributed by atoms with Crippen LogP contribution in [0.1, 0.15) is 12.1 Å². The van der Waals surface area contributed by atoms with Crippen LogP contribution in [0.25, 0.3) is 0 Å². The van der Waals surface area contributed by atoms with E-state index in [2.05, 4.69) is 4.98 Å². The van der Waals surface area contributed by atoms with E-state index in [0.717, 1.165) is 0 Å². The molecule has 0 aliphatic heterocycles. The molecule has 0 saturated heterocycles. The van der Waals surface area contributed by atoms with E-state index in [1.165, 1.54) is 18.3 Å². The van der Waals surface area contributed by atoms with Crippen LogP contribution in [0.3, 0.4) is 0 Å². The Hall–Kier alpha value is -1.03. The summed E-state index contributed by atoms with van der Waals surface area (Å²) < 4.78 is 26.0. The van der Waals surface area contributed by atoms with Crippen molar-refractivity contribution < 1.29 is 8.78 Å². The van der Waals surface area contributed by atoms with E-state index in [1.54, 1.807) is 6.07 Å². The highest BCUT2D eigenvalue weighted by Crippen LogP contribution is 2.28. The summed E-state index contributed by atoms with van der Waals surface area (Å²) in [7, 11) is 0. The molecule has 4 heteroatoms. The minimum atomic E-state index is -2.89.